The first-order valence-electron chi connectivity index (χ1n) is 15.8. The third-order valence-electron chi connectivity index (χ3n) is 8.09. The summed E-state index contributed by atoms with van der Waals surface area (Å²) in [5.74, 6) is 0. The second-order valence-electron chi connectivity index (χ2n) is 13.8. The topological polar surface area (TPSA) is 78.3 Å². The monoisotopic (exact) mass is 674 g/mol. The van der Waals surface area contributed by atoms with Gasteiger partial charge in [-0.25, -0.2) is 14.5 Å². The van der Waals surface area contributed by atoms with Crippen molar-refractivity contribution in [2.45, 2.75) is 64.4 Å². The molecule has 0 fully saturated rings. The fourth-order valence-electron chi connectivity index (χ4n) is 5.97. The van der Waals surface area contributed by atoms with Crippen LogP contribution in [0.15, 0.2) is 103 Å². The maximum absolute atomic E-state index is 13.4. The van der Waals surface area contributed by atoms with Crippen molar-refractivity contribution >= 4 is 35.8 Å². The van der Waals surface area contributed by atoms with E-state index in [2.05, 4.69) is 55.3 Å². The Morgan fingerprint density at radius 3 is 1.94 bits per heavy atom. The Kier molecular flexibility index (Phi) is 9.84. The Hall–Kier alpha value is -4.48. The molecule has 0 aliphatic carbocycles. The molecule has 0 saturated heterocycles. The van der Waals surface area contributed by atoms with E-state index in [0.29, 0.717) is 22.3 Å². The van der Waals surface area contributed by atoms with Crippen LogP contribution >= 0.6 is 0 Å². The molecule has 7 nitrogen and oxygen atoms in total. The van der Waals surface area contributed by atoms with Gasteiger partial charge in [-0.1, -0.05) is 93.6 Å². The molecule has 1 atom stereocenters. The number of aromatic nitrogens is 3. The summed E-state index contributed by atoms with van der Waals surface area (Å²) in [7, 11) is -3.00. The summed E-state index contributed by atoms with van der Waals surface area (Å²) in [4.78, 5) is 17.5. The molecule has 2 aromatic heterocycles. The SMILES string of the molecule is CC(C)(C)OC(=O)NCC(CO[Si](c1ccccc1)(c1ccccc1)C(C)(C)C)n1nc(-c2ccc(C(F)(F)F)cc2)c2cccnc21. The molecule has 3 aromatic carbocycles. The van der Waals surface area contributed by atoms with E-state index in [0.717, 1.165) is 22.5 Å². The molecule has 48 heavy (non-hydrogen) atoms. The van der Waals surface area contributed by atoms with E-state index in [1.54, 1.807) is 37.7 Å². The zero-order valence-corrected chi connectivity index (χ0v) is 29.0. The van der Waals surface area contributed by atoms with E-state index in [1.807, 2.05) is 42.5 Å². The molecule has 0 aliphatic rings. The lowest BCUT2D eigenvalue weighted by atomic mass is 10.1. The number of fused-ring (bicyclic) bond motifs is 1. The van der Waals surface area contributed by atoms with Crippen LogP contribution in [0.3, 0.4) is 0 Å². The molecule has 0 radical (unpaired) electrons. The number of alkyl halides is 3. The van der Waals surface area contributed by atoms with E-state index < -0.39 is 37.8 Å². The first-order valence-corrected chi connectivity index (χ1v) is 17.7. The highest BCUT2D eigenvalue weighted by Gasteiger charge is 2.50. The van der Waals surface area contributed by atoms with Gasteiger partial charge in [0.25, 0.3) is 8.32 Å². The molecule has 2 heterocycles. The van der Waals surface area contributed by atoms with Crippen molar-refractivity contribution in [3.8, 4) is 11.3 Å². The number of halogens is 3. The molecule has 252 valence electrons. The van der Waals surface area contributed by atoms with Crippen LogP contribution in [-0.2, 0) is 15.3 Å². The predicted octanol–water partition coefficient (Wildman–Crippen LogP) is 7.76. The Balaban J connectivity index is 1.61. The molecular formula is C37H41F3N4O3Si. The minimum Gasteiger partial charge on any atom is -0.444 e. The number of rotatable bonds is 9. The van der Waals surface area contributed by atoms with Gasteiger partial charge in [0.1, 0.15) is 11.3 Å². The number of ether oxygens (including phenoxy) is 1. The molecule has 1 N–H and O–H groups in total. The zero-order valence-electron chi connectivity index (χ0n) is 28.0. The number of benzene rings is 3. The van der Waals surface area contributed by atoms with Crippen molar-refractivity contribution in [3.05, 3.63) is 109 Å². The molecule has 0 aliphatic heterocycles. The Bertz CT molecular complexity index is 1790. The first-order chi connectivity index (χ1) is 22.6. The number of nitrogens with one attached hydrogen (secondary N) is 1. The van der Waals surface area contributed by atoms with Gasteiger partial charge in [0.05, 0.1) is 18.2 Å². The van der Waals surface area contributed by atoms with Crippen molar-refractivity contribution < 1.29 is 27.1 Å². The van der Waals surface area contributed by atoms with Crippen LogP contribution in [0.1, 0.15) is 53.1 Å². The maximum atomic E-state index is 13.4. The van der Waals surface area contributed by atoms with Crippen LogP contribution < -0.4 is 15.7 Å². The van der Waals surface area contributed by atoms with Crippen LogP contribution in [0.25, 0.3) is 22.3 Å². The zero-order chi connectivity index (χ0) is 34.7. The van der Waals surface area contributed by atoms with Crippen molar-refractivity contribution in [1.82, 2.24) is 20.1 Å². The van der Waals surface area contributed by atoms with E-state index >= 15 is 0 Å². The van der Waals surface area contributed by atoms with E-state index in [-0.39, 0.29) is 18.2 Å². The van der Waals surface area contributed by atoms with Crippen LogP contribution in [0.2, 0.25) is 5.04 Å². The molecule has 1 amide bonds. The maximum Gasteiger partial charge on any atom is 0.416 e. The van der Waals surface area contributed by atoms with Crippen LogP contribution in [-0.4, -0.2) is 47.9 Å². The highest BCUT2D eigenvalue weighted by molar-refractivity contribution is 6.99. The van der Waals surface area contributed by atoms with Crippen LogP contribution in [0.4, 0.5) is 18.0 Å². The van der Waals surface area contributed by atoms with Gasteiger partial charge in [-0.2, -0.15) is 18.3 Å². The number of carbonyl (C=O) groups is 1. The number of carbonyl (C=O) groups excluding carboxylic acids is 1. The lowest BCUT2D eigenvalue weighted by molar-refractivity contribution is -0.137. The van der Waals surface area contributed by atoms with Gasteiger partial charge in [-0.05, 0) is 60.4 Å². The van der Waals surface area contributed by atoms with Gasteiger partial charge in [0.15, 0.2) is 5.65 Å². The van der Waals surface area contributed by atoms with Crippen molar-refractivity contribution in [3.63, 3.8) is 0 Å². The molecule has 0 spiro atoms. The third-order valence-corrected chi connectivity index (χ3v) is 13.1. The third kappa shape index (κ3) is 7.47. The molecule has 0 bridgehead atoms. The van der Waals surface area contributed by atoms with Crippen molar-refractivity contribution in [1.29, 1.82) is 0 Å². The summed E-state index contributed by atoms with van der Waals surface area (Å²) < 4.78 is 54.6. The number of alkyl carbamates (subject to hydrolysis) is 1. The summed E-state index contributed by atoms with van der Waals surface area (Å²) >= 11 is 0. The fourth-order valence-corrected chi connectivity index (χ4v) is 10.6. The van der Waals surface area contributed by atoms with Gasteiger partial charge >= 0.3 is 12.3 Å². The van der Waals surface area contributed by atoms with Gasteiger partial charge in [0, 0.05) is 23.7 Å². The lowest BCUT2D eigenvalue weighted by Crippen LogP contribution is -2.67. The second kappa shape index (κ2) is 13.6. The van der Waals surface area contributed by atoms with Crippen LogP contribution in [0, 0.1) is 0 Å². The van der Waals surface area contributed by atoms with Gasteiger partial charge < -0.3 is 14.5 Å². The van der Waals surface area contributed by atoms with Gasteiger partial charge in [-0.3, -0.25) is 0 Å². The van der Waals surface area contributed by atoms with Crippen molar-refractivity contribution in [2.75, 3.05) is 13.2 Å². The average molecular weight is 675 g/mol. The van der Waals surface area contributed by atoms with E-state index in [1.165, 1.54) is 12.1 Å². The number of nitrogens with zero attached hydrogens (tertiary/aromatic N) is 3. The quantitative estimate of drug-likeness (QED) is 0.162. The average Bonchev–Trinajstić information content (AvgIpc) is 3.41. The molecule has 0 saturated carbocycles. The number of pyridine rings is 1. The van der Waals surface area contributed by atoms with Crippen LogP contribution in [0.5, 0.6) is 0 Å². The minimum absolute atomic E-state index is 0.0902. The van der Waals surface area contributed by atoms with E-state index in [9.17, 15) is 18.0 Å². The normalized spacial score (nSPS) is 13.4. The van der Waals surface area contributed by atoms with Gasteiger partial charge in [-0.15, -0.1) is 0 Å². The summed E-state index contributed by atoms with van der Waals surface area (Å²) in [6.07, 6.45) is -3.42. The standard InChI is InChI=1S/C37H41F3N4O3Si/c1-35(2,3)47-34(45)42-24-28(25-46-48(36(4,5)6,29-14-9-7-10-15-29)30-16-11-8-12-17-30)44-33-31(18-13-23-41-33)32(43-44)26-19-21-27(22-20-26)37(38,39)40/h7-23,28H,24-25H2,1-6H3,(H,42,45). The molecule has 5 rings (SSSR count). The minimum atomic E-state index is -4.46. The molecule has 11 heteroatoms. The number of hydrogen-bond acceptors (Lipinski definition) is 5. The Morgan fingerprint density at radius 1 is 0.833 bits per heavy atom. The number of hydrogen-bond donors (Lipinski definition) is 1. The predicted molar refractivity (Wildman–Crippen MR) is 185 cm³/mol. The lowest BCUT2D eigenvalue weighted by Gasteiger charge is -2.43. The molecule has 5 aromatic rings. The Morgan fingerprint density at radius 2 is 1.42 bits per heavy atom. The number of amides is 1. The molecular weight excluding hydrogens is 634 g/mol. The smallest absolute Gasteiger partial charge is 0.416 e. The van der Waals surface area contributed by atoms with Crippen molar-refractivity contribution in [2.24, 2.45) is 0 Å². The summed E-state index contributed by atoms with van der Waals surface area (Å²) in [5.41, 5.74) is 0.0347. The second-order valence-corrected chi connectivity index (χ2v) is 18.1. The highest BCUT2D eigenvalue weighted by Crippen LogP contribution is 2.38. The fraction of sp³-hybridized carbons (Fsp3) is 0.324. The largest absolute Gasteiger partial charge is 0.444 e. The summed E-state index contributed by atoms with van der Waals surface area (Å²) in [6.45, 7) is 12.1. The van der Waals surface area contributed by atoms with Gasteiger partial charge in [0.2, 0.25) is 0 Å². The summed E-state index contributed by atoms with van der Waals surface area (Å²) in [5, 5.41) is 10.4. The highest BCUT2D eigenvalue weighted by atomic mass is 28.4. The molecule has 1 unspecified atom stereocenters. The summed E-state index contributed by atoms with van der Waals surface area (Å²) in [6, 6.07) is 28.4. The Labute approximate surface area is 280 Å². The first kappa shape index (κ1) is 34.8. The van der Waals surface area contributed by atoms with E-state index in [4.69, 9.17) is 14.3 Å².